The Kier molecular flexibility index (Phi) is 7.04. The fourth-order valence-corrected chi connectivity index (χ4v) is 6.01. The third-order valence-electron chi connectivity index (χ3n) is 6.90. The largest absolute Gasteiger partial charge is 0.333 e. The third kappa shape index (κ3) is 4.99. The topological polar surface area (TPSA) is 87.9 Å². The summed E-state index contributed by atoms with van der Waals surface area (Å²) in [5.74, 6) is -0.135. The number of nitrogens with zero attached hydrogens (tertiary/aromatic N) is 4. The molecule has 2 aromatic heterocycles. The highest BCUT2D eigenvalue weighted by molar-refractivity contribution is 7.12. The first-order valence-electron chi connectivity index (χ1n) is 12.4. The first-order chi connectivity index (χ1) is 18.0. The summed E-state index contributed by atoms with van der Waals surface area (Å²) in [5, 5.41) is 14.3. The molecule has 1 aliphatic heterocycles. The van der Waals surface area contributed by atoms with E-state index in [4.69, 9.17) is 5.73 Å². The average molecular weight is 508 g/mol. The summed E-state index contributed by atoms with van der Waals surface area (Å²) >= 11 is 1.47. The first kappa shape index (κ1) is 24.7. The van der Waals surface area contributed by atoms with E-state index in [1.807, 2.05) is 65.0 Å². The van der Waals surface area contributed by atoms with Crippen molar-refractivity contribution in [2.75, 3.05) is 6.54 Å². The van der Waals surface area contributed by atoms with E-state index >= 15 is 0 Å². The van der Waals surface area contributed by atoms with Crippen LogP contribution >= 0.6 is 11.3 Å². The Morgan fingerprint density at radius 2 is 1.95 bits per heavy atom. The van der Waals surface area contributed by atoms with Gasteiger partial charge in [0.05, 0.1) is 12.2 Å². The predicted molar refractivity (Wildman–Crippen MR) is 147 cm³/mol. The van der Waals surface area contributed by atoms with Crippen LogP contribution in [0.5, 0.6) is 0 Å². The number of rotatable bonds is 6. The van der Waals surface area contributed by atoms with Crippen molar-refractivity contribution in [3.63, 3.8) is 0 Å². The number of hydrogen-bond acceptors (Lipinski definition) is 5. The number of thiophene rings is 1. The summed E-state index contributed by atoms with van der Waals surface area (Å²) in [5.41, 5.74) is 12.7. The summed E-state index contributed by atoms with van der Waals surface area (Å²) in [6.45, 7) is 5.91. The molecule has 6 nitrogen and oxygen atoms in total. The van der Waals surface area contributed by atoms with E-state index in [9.17, 15) is 10.1 Å². The number of hydrogen-bond donors (Lipinski definition) is 1. The van der Waals surface area contributed by atoms with Gasteiger partial charge in [-0.3, -0.25) is 9.48 Å². The van der Waals surface area contributed by atoms with Crippen molar-refractivity contribution in [2.24, 2.45) is 5.73 Å². The van der Waals surface area contributed by atoms with Crippen LogP contribution in [0.1, 0.15) is 51.0 Å². The quantitative estimate of drug-likeness (QED) is 0.347. The number of nitriles is 1. The zero-order chi connectivity index (χ0) is 25.9. The normalized spacial score (nSPS) is 15.9. The minimum absolute atomic E-state index is 0.0529. The van der Waals surface area contributed by atoms with Crippen molar-refractivity contribution >= 4 is 17.2 Å². The second-order valence-electron chi connectivity index (χ2n) is 9.24. The fourth-order valence-electron chi connectivity index (χ4n) is 4.98. The number of benzene rings is 2. The predicted octanol–water partition coefficient (Wildman–Crippen LogP) is 5.54. The SMILES string of the molecule is CCn1cc(-c2ccccc2[C@H]2CN(C(=O)/C=C/C(N)c3ccccc3)Cc3sc(C#N)cc32)c(C)n1. The fraction of sp³-hybridized carbons (Fsp3) is 0.233. The van der Waals surface area contributed by atoms with Crippen LogP contribution in [-0.2, 0) is 17.9 Å². The lowest BCUT2D eigenvalue weighted by molar-refractivity contribution is -0.127. The molecule has 0 saturated heterocycles. The number of aromatic nitrogens is 2. The maximum atomic E-state index is 13.4. The van der Waals surface area contributed by atoms with E-state index < -0.39 is 0 Å². The highest BCUT2D eigenvalue weighted by Crippen LogP contribution is 2.42. The first-order valence-corrected chi connectivity index (χ1v) is 13.2. The molecular weight excluding hydrogens is 478 g/mol. The standard InChI is InChI=1S/C30H29N5OS/c1-3-35-18-26(20(2)33-35)23-11-7-8-12-24(23)27-17-34(19-29-25(27)15-22(16-31)37-29)30(36)14-13-28(32)21-9-5-4-6-10-21/h4-15,18,27-28H,3,17,19,32H2,1-2H3/b14-13+/t27-,28?/m1/s1. The van der Waals surface area contributed by atoms with E-state index in [-0.39, 0.29) is 17.9 Å². The Balaban J connectivity index is 1.50. The Morgan fingerprint density at radius 1 is 1.19 bits per heavy atom. The molecular formula is C30H29N5OS. The highest BCUT2D eigenvalue weighted by atomic mass is 32.1. The van der Waals surface area contributed by atoms with E-state index in [1.165, 1.54) is 11.3 Å². The van der Waals surface area contributed by atoms with Crippen molar-refractivity contribution in [1.82, 2.24) is 14.7 Å². The lowest BCUT2D eigenvalue weighted by atomic mass is 9.83. The van der Waals surface area contributed by atoms with Crippen molar-refractivity contribution in [2.45, 2.75) is 38.9 Å². The molecule has 0 saturated carbocycles. The van der Waals surface area contributed by atoms with Gasteiger partial charge in [0.15, 0.2) is 0 Å². The number of amides is 1. The molecule has 1 aliphatic rings. The molecule has 0 bridgehead atoms. The van der Waals surface area contributed by atoms with E-state index in [0.29, 0.717) is 18.0 Å². The molecule has 4 aromatic rings. The van der Waals surface area contributed by atoms with E-state index in [1.54, 1.807) is 12.2 Å². The summed E-state index contributed by atoms with van der Waals surface area (Å²) in [6, 6.07) is 22.0. The van der Waals surface area contributed by atoms with Gasteiger partial charge in [-0.1, -0.05) is 60.7 Å². The molecule has 2 aromatic carbocycles. The molecule has 0 radical (unpaired) electrons. The van der Waals surface area contributed by atoms with E-state index in [2.05, 4.69) is 36.4 Å². The summed E-state index contributed by atoms with van der Waals surface area (Å²) in [6.07, 6.45) is 5.43. The second kappa shape index (κ2) is 10.6. The molecule has 2 N–H and O–H groups in total. The van der Waals surface area contributed by atoms with E-state index in [0.717, 1.165) is 44.9 Å². The second-order valence-corrected chi connectivity index (χ2v) is 10.4. The van der Waals surface area contributed by atoms with Crippen LogP contribution in [0.3, 0.4) is 0 Å². The number of carbonyl (C=O) groups excluding carboxylic acids is 1. The molecule has 2 atom stereocenters. The number of carbonyl (C=O) groups is 1. The van der Waals surface area contributed by atoms with Crippen LogP contribution in [0, 0.1) is 18.3 Å². The number of nitrogens with two attached hydrogens (primary N) is 1. The maximum absolute atomic E-state index is 13.4. The Bertz CT molecular complexity index is 1490. The van der Waals surface area contributed by atoms with Crippen LogP contribution in [0.15, 0.2) is 79.0 Å². The molecule has 0 aliphatic carbocycles. The summed E-state index contributed by atoms with van der Waals surface area (Å²) < 4.78 is 1.95. The zero-order valence-electron chi connectivity index (χ0n) is 21.0. The Labute approximate surface area is 221 Å². The van der Waals surface area contributed by atoms with Crippen molar-refractivity contribution in [3.8, 4) is 17.2 Å². The van der Waals surface area contributed by atoms with Gasteiger partial charge in [-0.05, 0) is 42.2 Å². The van der Waals surface area contributed by atoms with Gasteiger partial charge in [-0.2, -0.15) is 10.4 Å². The Morgan fingerprint density at radius 3 is 2.68 bits per heavy atom. The van der Waals surface area contributed by atoms with Gasteiger partial charge in [0.2, 0.25) is 5.91 Å². The molecule has 3 heterocycles. The van der Waals surface area contributed by atoms with Gasteiger partial charge < -0.3 is 10.6 Å². The number of aryl methyl sites for hydroxylation is 2. The van der Waals surface area contributed by atoms with Crippen LogP contribution in [0.4, 0.5) is 0 Å². The van der Waals surface area contributed by atoms with Crippen LogP contribution in [-0.4, -0.2) is 27.1 Å². The van der Waals surface area contributed by atoms with Gasteiger partial charge in [0, 0.05) is 47.8 Å². The lowest BCUT2D eigenvalue weighted by Crippen LogP contribution is -2.37. The molecule has 186 valence electrons. The highest BCUT2D eigenvalue weighted by Gasteiger charge is 2.32. The summed E-state index contributed by atoms with van der Waals surface area (Å²) in [4.78, 5) is 16.9. The van der Waals surface area contributed by atoms with Crippen LogP contribution < -0.4 is 5.73 Å². The van der Waals surface area contributed by atoms with Gasteiger partial charge in [0.25, 0.3) is 0 Å². The molecule has 1 unspecified atom stereocenters. The van der Waals surface area contributed by atoms with Crippen molar-refractivity contribution in [3.05, 3.63) is 111 Å². The smallest absolute Gasteiger partial charge is 0.246 e. The molecule has 7 heteroatoms. The van der Waals surface area contributed by atoms with Crippen molar-refractivity contribution < 1.29 is 4.79 Å². The van der Waals surface area contributed by atoms with Gasteiger partial charge in [-0.25, -0.2) is 0 Å². The van der Waals surface area contributed by atoms with Crippen molar-refractivity contribution in [1.29, 1.82) is 5.26 Å². The van der Waals surface area contributed by atoms with Crippen LogP contribution in [0.2, 0.25) is 0 Å². The monoisotopic (exact) mass is 507 g/mol. The molecule has 37 heavy (non-hydrogen) atoms. The molecule has 0 spiro atoms. The molecule has 5 rings (SSSR count). The molecule has 0 fully saturated rings. The van der Waals surface area contributed by atoms with Gasteiger partial charge >= 0.3 is 0 Å². The minimum atomic E-state index is -0.355. The third-order valence-corrected chi connectivity index (χ3v) is 7.94. The maximum Gasteiger partial charge on any atom is 0.246 e. The molecule has 1 amide bonds. The lowest BCUT2D eigenvalue weighted by Gasteiger charge is -2.33. The van der Waals surface area contributed by atoms with Crippen LogP contribution in [0.25, 0.3) is 11.1 Å². The summed E-state index contributed by atoms with van der Waals surface area (Å²) in [7, 11) is 0. The zero-order valence-corrected chi connectivity index (χ0v) is 21.8. The minimum Gasteiger partial charge on any atom is -0.333 e. The van der Waals surface area contributed by atoms with Gasteiger partial charge in [0.1, 0.15) is 10.9 Å². The number of fused-ring (bicyclic) bond motifs is 1. The Hall–Kier alpha value is -3.99. The van der Waals surface area contributed by atoms with Gasteiger partial charge in [-0.15, -0.1) is 11.3 Å². The average Bonchev–Trinajstić information content (AvgIpc) is 3.54.